The van der Waals surface area contributed by atoms with Crippen molar-refractivity contribution < 1.29 is 4.74 Å². The number of aliphatic imine (C=N–C) groups is 1. The quantitative estimate of drug-likeness (QED) is 0.403. The van der Waals surface area contributed by atoms with Crippen LogP contribution in [0.4, 0.5) is 0 Å². The molecule has 0 unspecified atom stereocenters. The molecule has 2 aliphatic heterocycles. The van der Waals surface area contributed by atoms with Crippen molar-refractivity contribution in [3.63, 3.8) is 0 Å². The van der Waals surface area contributed by atoms with Crippen molar-refractivity contribution in [3.05, 3.63) is 0 Å². The summed E-state index contributed by atoms with van der Waals surface area (Å²) >= 11 is 0. The van der Waals surface area contributed by atoms with Gasteiger partial charge in [-0.05, 0) is 33.6 Å². The summed E-state index contributed by atoms with van der Waals surface area (Å²) < 4.78 is 5.30. The monoisotopic (exact) mass is 424 g/mol. The molecule has 2 N–H and O–H groups in total. The smallest absolute Gasteiger partial charge is 0.191 e. The summed E-state index contributed by atoms with van der Waals surface area (Å²) in [5.41, 5.74) is 0.239. The van der Waals surface area contributed by atoms with Crippen LogP contribution in [0.5, 0.6) is 0 Å². The molecule has 2 rings (SSSR count). The molecule has 0 atom stereocenters. The minimum Gasteiger partial charge on any atom is -0.380 e. The van der Waals surface area contributed by atoms with Crippen LogP contribution in [0.25, 0.3) is 0 Å². The highest BCUT2D eigenvalue weighted by Gasteiger charge is 2.33. The van der Waals surface area contributed by atoms with E-state index in [1.165, 1.54) is 25.9 Å². The number of hydrogen-bond donors (Lipinski definition) is 2. The maximum absolute atomic E-state index is 5.30. The molecule has 0 aromatic carbocycles. The van der Waals surface area contributed by atoms with Crippen LogP contribution in [0.3, 0.4) is 0 Å². The van der Waals surface area contributed by atoms with E-state index in [0.717, 1.165) is 32.3 Å². The molecule has 0 aromatic heterocycles. The molecule has 0 aliphatic carbocycles. The molecule has 0 bridgehead atoms. The van der Waals surface area contributed by atoms with E-state index >= 15 is 0 Å². The first-order valence-electron chi connectivity index (χ1n) is 8.39. The summed E-state index contributed by atoms with van der Waals surface area (Å²) in [6.07, 6.45) is 2.39. The topological polar surface area (TPSA) is 48.9 Å². The van der Waals surface area contributed by atoms with Crippen LogP contribution >= 0.6 is 24.0 Å². The molecule has 2 heterocycles. The van der Waals surface area contributed by atoms with Gasteiger partial charge in [0, 0.05) is 37.1 Å². The normalized spacial score (nSPS) is 22.9. The summed E-state index contributed by atoms with van der Waals surface area (Å²) in [5, 5.41) is 6.98. The average molecular weight is 424 g/mol. The van der Waals surface area contributed by atoms with Gasteiger partial charge in [-0.15, -0.1) is 24.0 Å². The Morgan fingerprint density at radius 2 is 1.95 bits per heavy atom. The maximum atomic E-state index is 5.30. The second kappa shape index (κ2) is 9.27. The van der Waals surface area contributed by atoms with Crippen molar-refractivity contribution >= 4 is 29.9 Å². The lowest BCUT2D eigenvalue weighted by atomic mass is 9.89. The van der Waals surface area contributed by atoms with Gasteiger partial charge in [0.2, 0.25) is 0 Å². The molecule has 0 amide bonds. The SMILES string of the molecule is CCNC(=NCC1(C)COC1)NC1CCN(C(C)C)CC1.I. The minimum atomic E-state index is 0. The molecule has 0 saturated carbocycles. The van der Waals surface area contributed by atoms with Crippen LogP contribution in [0.15, 0.2) is 4.99 Å². The van der Waals surface area contributed by atoms with Crippen molar-refractivity contribution in [2.75, 3.05) is 39.4 Å². The number of nitrogens with one attached hydrogen (secondary N) is 2. The van der Waals surface area contributed by atoms with Gasteiger partial charge in [0.25, 0.3) is 0 Å². The van der Waals surface area contributed by atoms with Crippen molar-refractivity contribution in [2.24, 2.45) is 10.4 Å². The Kier molecular flexibility index (Phi) is 8.42. The molecule has 0 radical (unpaired) electrons. The zero-order valence-electron chi connectivity index (χ0n) is 14.5. The summed E-state index contributed by atoms with van der Waals surface area (Å²) in [6, 6.07) is 1.20. The maximum Gasteiger partial charge on any atom is 0.191 e. The molecule has 2 fully saturated rings. The van der Waals surface area contributed by atoms with Gasteiger partial charge in [-0.25, -0.2) is 0 Å². The Morgan fingerprint density at radius 1 is 1.32 bits per heavy atom. The number of guanidine groups is 1. The number of hydrogen-bond acceptors (Lipinski definition) is 3. The number of nitrogens with zero attached hydrogens (tertiary/aromatic N) is 2. The Bertz CT molecular complexity index is 350. The lowest BCUT2D eigenvalue weighted by Gasteiger charge is -2.37. The first-order valence-corrected chi connectivity index (χ1v) is 8.39. The Labute approximate surface area is 152 Å². The molecule has 0 spiro atoms. The molecule has 2 saturated heterocycles. The standard InChI is InChI=1S/C16H32N4O.HI/c1-5-17-15(18-10-16(4)11-21-12-16)19-14-6-8-20(9-7-14)13(2)3;/h13-14H,5-12H2,1-4H3,(H2,17,18,19);1H. The first-order chi connectivity index (χ1) is 10.0. The van der Waals surface area contributed by atoms with Crippen molar-refractivity contribution in [3.8, 4) is 0 Å². The number of likely N-dealkylation sites (tertiary alicyclic amines) is 1. The van der Waals surface area contributed by atoms with Gasteiger partial charge in [0.1, 0.15) is 0 Å². The fourth-order valence-electron chi connectivity index (χ4n) is 2.89. The third-order valence-corrected chi connectivity index (χ3v) is 4.46. The van der Waals surface area contributed by atoms with E-state index in [2.05, 4.69) is 43.2 Å². The number of halogens is 1. The zero-order valence-corrected chi connectivity index (χ0v) is 16.9. The lowest BCUT2D eigenvalue weighted by Crippen LogP contribution is -2.50. The largest absolute Gasteiger partial charge is 0.380 e. The summed E-state index contributed by atoms with van der Waals surface area (Å²) in [4.78, 5) is 7.31. The van der Waals surface area contributed by atoms with Gasteiger partial charge in [-0.3, -0.25) is 4.99 Å². The second-order valence-electron chi connectivity index (χ2n) is 7.05. The fourth-order valence-corrected chi connectivity index (χ4v) is 2.89. The van der Waals surface area contributed by atoms with Gasteiger partial charge in [-0.2, -0.15) is 0 Å². The van der Waals surface area contributed by atoms with E-state index in [1.54, 1.807) is 0 Å². The van der Waals surface area contributed by atoms with E-state index < -0.39 is 0 Å². The van der Waals surface area contributed by atoms with Gasteiger partial charge in [0.15, 0.2) is 5.96 Å². The van der Waals surface area contributed by atoms with Crippen molar-refractivity contribution in [1.82, 2.24) is 15.5 Å². The van der Waals surface area contributed by atoms with Crippen molar-refractivity contribution in [1.29, 1.82) is 0 Å². The number of ether oxygens (including phenoxy) is 1. The molecule has 130 valence electrons. The van der Waals surface area contributed by atoms with Crippen LogP contribution in [0, 0.1) is 5.41 Å². The summed E-state index contributed by atoms with van der Waals surface area (Å²) in [6.45, 7) is 14.7. The van der Waals surface area contributed by atoms with Crippen LogP contribution in [0.2, 0.25) is 0 Å². The molecule has 2 aliphatic rings. The van der Waals surface area contributed by atoms with E-state index in [1.807, 2.05) is 0 Å². The second-order valence-corrected chi connectivity index (χ2v) is 7.05. The fraction of sp³-hybridized carbons (Fsp3) is 0.938. The van der Waals surface area contributed by atoms with Gasteiger partial charge in [0.05, 0.1) is 19.8 Å². The molecule has 22 heavy (non-hydrogen) atoms. The van der Waals surface area contributed by atoms with Crippen LogP contribution in [-0.2, 0) is 4.74 Å². The highest BCUT2D eigenvalue weighted by Crippen LogP contribution is 2.26. The third-order valence-electron chi connectivity index (χ3n) is 4.46. The molecule has 5 nitrogen and oxygen atoms in total. The lowest BCUT2D eigenvalue weighted by molar-refractivity contribution is -0.0945. The summed E-state index contributed by atoms with van der Waals surface area (Å²) in [7, 11) is 0. The minimum absolute atomic E-state index is 0. The van der Waals surface area contributed by atoms with E-state index in [4.69, 9.17) is 9.73 Å². The molecular formula is C16H33IN4O. The molecule has 0 aromatic rings. The van der Waals surface area contributed by atoms with Crippen molar-refractivity contribution in [2.45, 2.75) is 52.6 Å². The summed E-state index contributed by atoms with van der Waals surface area (Å²) in [5.74, 6) is 0.966. The van der Waals surface area contributed by atoms with Gasteiger partial charge in [-0.1, -0.05) is 6.92 Å². The number of rotatable bonds is 5. The average Bonchev–Trinajstić information content (AvgIpc) is 2.43. The third kappa shape index (κ3) is 5.85. The number of piperidine rings is 1. The van der Waals surface area contributed by atoms with Gasteiger partial charge >= 0.3 is 0 Å². The van der Waals surface area contributed by atoms with Crippen LogP contribution in [-0.4, -0.2) is 62.3 Å². The zero-order chi connectivity index (χ0) is 15.3. The predicted molar refractivity (Wildman–Crippen MR) is 103 cm³/mol. The Morgan fingerprint density at radius 3 is 2.41 bits per heavy atom. The van der Waals surface area contributed by atoms with Gasteiger partial charge < -0.3 is 20.3 Å². The first kappa shape index (κ1) is 20.0. The van der Waals surface area contributed by atoms with Crippen LogP contribution < -0.4 is 10.6 Å². The van der Waals surface area contributed by atoms with Crippen LogP contribution in [0.1, 0.15) is 40.5 Å². The Hall–Kier alpha value is -0.0800. The van der Waals surface area contributed by atoms with E-state index in [0.29, 0.717) is 12.1 Å². The highest BCUT2D eigenvalue weighted by molar-refractivity contribution is 14.0. The van der Waals surface area contributed by atoms with E-state index in [9.17, 15) is 0 Å². The molecular weight excluding hydrogens is 391 g/mol. The highest BCUT2D eigenvalue weighted by atomic mass is 127. The van der Waals surface area contributed by atoms with E-state index in [-0.39, 0.29) is 29.4 Å². The Balaban J connectivity index is 0.00000242. The molecule has 6 heteroatoms. The predicted octanol–water partition coefficient (Wildman–Crippen LogP) is 2.07.